The van der Waals surface area contributed by atoms with Crippen LogP contribution in [0.5, 0.6) is 0 Å². The van der Waals surface area contributed by atoms with Crippen LogP contribution < -0.4 is 5.32 Å². The summed E-state index contributed by atoms with van der Waals surface area (Å²) in [6.07, 6.45) is 2.91. The predicted octanol–water partition coefficient (Wildman–Crippen LogP) is 4.40. The predicted molar refractivity (Wildman–Crippen MR) is 83.8 cm³/mol. The fourth-order valence-corrected chi connectivity index (χ4v) is 2.49. The maximum absolute atomic E-state index is 12.0. The largest absolute Gasteiger partial charge is 0.321 e. The van der Waals surface area contributed by atoms with E-state index in [0.29, 0.717) is 10.6 Å². The quantitative estimate of drug-likeness (QED) is 0.814. The summed E-state index contributed by atoms with van der Waals surface area (Å²) in [7, 11) is 0. The molecule has 0 unspecified atom stereocenters. The number of carbonyl (C=O) groups is 1. The van der Waals surface area contributed by atoms with Crippen LogP contribution in [0.2, 0.25) is 5.02 Å². The Morgan fingerprint density at radius 1 is 1.15 bits per heavy atom. The highest BCUT2D eigenvalue weighted by Crippen LogP contribution is 2.34. The first-order valence-electron chi connectivity index (χ1n) is 6.59. The number of rotatable bonds is 2. The van der Waals surface area contributed by atoms with Crippen molar-refractivity contribution in [3.8, 4) is 0 Å². The first-order chi connectivity index (χ1) is 9.67. The molecule has 0 fully saturated rings. The van der Waals surface area contributed by atoms with E-state index < -0.39 is 0 Å². The number of aryl methyl sites for hydroxylation is 1. The van der Waals surface area contributed by atoms with E-state index in [-0.39, 0.29) is 5.91 Å². The third kappa shape index (κ3) is 2.35. The van der Waals surface area contributed by atoms with Crippen LogP contribution in [0, 0.1) is 0 Å². The summed E-state index contributed by atoms with van der Waals surface area (Å²) in [6.45, 7) is 2.12. The van der Waals surface area contributed by atoms with Gasteiger partial charge in [0.2, 0.25) is 0 Å². The Hall–Kier alpha value is -2.06. The molecule has 1 aliphatic heterocycles. The molecule has 1 amide bonds. The van der Waals surface area contributed by atoms with E-state index in [0.717, 1.165) is 23.2 Å². The lowest BCUT2D eigenvalue weighted by Gasteiger charge is -2.01. The van der Waals surface area contributed by atoms with Crippen molar-refractivity contribution in [3.63, 3.8) is 0 Å². The number of fused-ring (bicyclic) bond motifs is 1. The molecule has 3 rings (SSSR count). The van der Waals surface area contributed by atoms with Crippen LogP contribution in [0.25, 0.3) is 11.6 Å². The molecule has 1 heterocycles. The third-order valence-corrected chi connectivity index (χ3v) is 3.70. The number of nitrogens with one attached hydrogen (secondary N) is 1. The van der Waals surface area contributed by atoms with Crippen LogP contribution in [0.4, 0.5) is 5.69 Å². The summed E-state index contributed by atoms with van der Waals surface area (Å²) in [5, 5.41) is 3.48. The zero-order valence-corrected chi connectivity index (χ0v) is 11.9. The molecular formula is C17H14ClNO. The van der Waals surface area contributed by atoms with Gasteiger partial charge < -0.3 is 5.32 Å². The van der Waals surface area contributed by atoms with Gasteiger partial charge in [0.25, 0.3) is 5.91 Å². The molecule has 1 aliphatic rings. The van der Waals surface area contributed by atoms with Gasteiger partial charge in [-0.3, -0.25) is 4.79 Å². The first kappa shape index (κ1) is 12.9. The van der Waals surface area contributed by atoms with Gasteiger partial charge >= 0.3 is 0 Å². The molecule has 0 saturated heterocycles. The second-order valence-electron chi connectivity index (χ2n) is 4.80. The van der Waals surface area contributed by atoms with Crippen molar-refractivity contribution >= 4 is 34.8 Å². The Morgan fingerprint density at radius 3 is 2.60 bits per heavy atom. The Balaban J connectivity index is 2.03. The molecule has 2 aromatic rings. The Labute approximate surface area is 123 Å². The number of hydrogen-bond donors (Lipinski definition) is 1. The van der Waals surface area contributed by atoms with Crippen LogP contribution in [0.1, 0.15) is 23.6 Å². The minimum absolute atomic E-state index is 0.0816. The van der Waals surface area contributed by atoms with Crippen molar-refractivity contribution in [1.29, 1.82) is 0 Å². The SMILES string of the molecule is CCc1ccc(C=C2C(=O)Nc3ccc(Cl)cc32)cc1. The van der Waals surface area contributed by atoms with Crippen LogP contribution in [-0.4, -0.2) is 5.91 Å². The summed E-state index contributed by atoms with van der Waals surface area (Å²) >= 11 is 6.01. The molecule has 0 bridgehead atoms. The van der Waals surface area contributed by atoms with Gasteiger partial charge in [-0.05, 0) is 41.8 Å². The second-order valence-corrected chi connectivity index (χ2v) is 5.23. The standard InChI is InChI=1S/C17H14ClNO/c1-2-11-3-5-12(6-4-11)9-15-14-10-13(18)7-8-16(14)19-17(15)20/h3-10H,2H2,1H3,(H,19,20). The molecule has 0 radical (unpaired) electrons. The van der Waals surface area contributed by atoms with Crippen molar-refractivity contribution in [3.05, 3.63) is 64.2 Å². The maximum Gasteiger partial charge on any atom is 0.256 e. The van der Waals surface area contributed by atoms with E-state index in [1.54, 1.807) is 6.07 Å². The Morgan fingerprint density at radius 2 is 1.90 bits per heavy atom. The third-order valence-electron chi connectivity index (χ3n) is 3.46. The van der Waals surface area contributed by atoms with Crippen LogP contribution in [0.3, 0.4) is 0 Å². The van der Waals surface area contributed by atoms with Crippen LogP contribution in [-0.2, 0) is 11.2 Å². The van der Waals surface area contributed by atoms with Gasteiger partial charge in [-0.2, -0.15) is 0 Å². The van der Waals surface area contributed by atoms with E-state index in [2.05, 4.69) is 24.4 Å². The van der Waals surface area contributed by atoms with Gasteiger partial charge in [0.05, 0.1) is 0 Å². The normalized spacial score (nSPS) is 15.3. The van der Waals surface area contributed by atoms with E-state index >= 15 is 0 Å². The van der Waals surface area contributed by atoms with Gasteiger partial charge in [-0.1, -0.05) is 42.8 Å². The number of carbonyl (C=O) groups excluding carboxylic acids is 1. The minimum Gasteiger partial charge on any atom is -0.321 e. The summed E-state index contributed by atoms with van der Waals surface area (Å²) in [5.41, 5.74) is 4.64. The lowest BCUT2D eigenvalue weighted by Crippen LogP contribution is -2.03. The van der Waals surface area contributed by atoms with Crippen molar-refractivity contribution in [2.24, 2.45) is 0 Å². The van der Waals surface area contributed by atoms with Crippen LogP contribution in [0.15, 0.2) is 42.5 Å². The summed E-state index contributed by atoms with van der Waals surface area (Å²) in [6, 6.07) is 13.6. The Bertz CT molecular complexity index is 701. The minimum atomic E-state index is -0.0816. The van der Waals surface area contributed by atoms with Gasteiger partial charge in [0.15, 0.2) is 0 Å². The molecule has 0 spiro atoms. The van der Waals surface area contributed by atoms with E-state index in [1.807, 2.05) is 30.3 Å². The lowest BCUT2D eigenvalue weighted by atomic mass is 10.0. The van der Waals surface area contributed by atoms with Crippen molar-refractivity contribution in [2.75, 3.05) is 5.32 Å². The molecule has 0 saturated carbocycles. The molecule has 2 aromatic carbocycles. The fourth-order valence-electron chi connectivity index (χ4n) is 2.32. The van der Waals surface area contributed by atoms with Gasteiger partial charge in [-0.25, -0.2) is 0 Å². The summed E-state index contributed by atoms with van der Waals surface area (Å²) in [4.78, 5) is 12.0. The smallest absolute Gasteiger partial charge is 0.256 e. The topological polar surface area (TPSA) is 29.1 Å². The van der Waals surface area contributed by atoms with E-state index in [1.165, 1.54) is 5.56 Å². The highest BCUT2D eigenvalue weighted by atomic mass is 35.5. The van der Waals surface area contributed by atoms with Crippen molar-refractivity contribution < 1.29 is 4.79 Å². The average molecular weight is 284 g/mol. The fraction of sp³-hybridized carbons (Fsp3) is 0.118. The van der Waals surface area contributed by atoms with Gasteiger partial charge in [0, 0.05) is 21.8 Å². The van der Waals surface area contributed by atoms with E-state index in [4.69, 9.17) is 11.6 Å². The molecule has 100 valence electrons. The maximum atomic E-state index is 12.0. The number of halogens is 1. The Kier molecular flexibility index (Phi) is 3.33. The number of hydrogen-bond acceptors (Lipinski definition) is 1. The van der Waals surface area contributed by atoms with Crippen molar-refractivity contribution in [2.45, 2.75) is 13.3 Å². The van der Waals surface area contributed by atoms with E-state index in [9.17, 15) is 4.79 Å². The van der Waals surface area contributed by atoms with Crippen molar-refractivity contribution in [1.82, 2.24) is 0 Å². The first-order valence-corrected chi connectivity index (χ1v) is 6.97. The number of amides is 1. The van der Waals surface area contributed by atoms with Gasteiger partial charge in [0.1, 0.15) is 0 Å². The molecule has 0 atom stereocenters. The second kappa shape index (κ2) is 5.14. The average Bonchev–Trinajstić information content (AvgIpc) is 2.76. The zero-order chi connectivity index (χ0) is 14.1. The summed E-state index contributed by atoms with van der Waals surface area (Å²) < 4.78 is 0. The molecular weight excluding hydrogens is 270 g/mol. The molecule has 2 nitrogen and oxygen atoms in total. The van der Waals surface area contributed by atoms with Gasteiger partial charge in [-0.15, -0.1) is 0 Å². The molecule has 20 heavy (non-hydrogen) atoms. The van der Waals surface area contributed by atoms with Crippen LogP contribution >= 0.6 is 11.6 Å². The number of benzene rings is 2. The zero-order valence-electron chi connectivity index (χ0n) is 11.1. The summed E-state index contributed by atoms with van der Waals surface area (Å²) in [5.74, 6) is -0.0816. The molecule has 0 aliphatic carbocycles. The molecule has 0 aromatic heterocycles. The highest BCUT2D eigenvalue weighted by Gasteiger charge is 2.23. The monoisotopic (exact) mass is 283 g/mol. The molecule has 3 heteroatoms. The number of anilines is 1. The molecule has 1 N–H and O–H groups in total. The highest BCUT2D eigenvalue weighted by molar-refractivity contribution is 6.36. The lowest BCUT2D eigenvalue weighted by molar-refractivity contribution is -0.110.